The lowest BCUT2D eigenvalue weighted by Gasteiger charge is -2.14. The van der Waals surface area contributed by atoms with Crippen molar-refractivity contribution < 1.29 is 14.3 Å². The number of urea groups is 1. The van der Waals surface area contributed by atoms with Crippen LogP contribution in [0.15, 0.2) is 0 Å². The van der Waals surface area contributed by atoms with E-state index in [4.69, 9.17) is 9.47 Å². The molecule has 0 saturated heterocycles. The summed E-state index contributed by atoms with van der Waals surface area (Å²) in [7, 11) is 2.89. The van der Waals surface area contributed by atoms with E-state index in [-0.39, 0.29) is 6.03 Å². The van der Waals surface area contributed by atoms with Crippen molar-refractivity contribution >= 4 is 6.03 Å². The second-order valence-electron chi connectivity index (χ2n) is 1.81. The summed E-state index contributed by atoms with van der Waals surface area (Å²) >= 11 is 0. The lowest BCUT2D eigenvalue weighted by Crippen LogP contribution is -2.43. The Hall–Kier alpha value is -0.810. The Balaban J connectivity index is 3.54. The third kappa shape index (κ3) is 4.58. The fraction of sp³-hybridized carbons (Fsp3) is 0.833. The Labute approximate surface area is 66.1 Å². The molecule has 5 heteroatoms. The van der Waals surface area contributed by atoms with Gasteiger partial charge in [0.05, 0.1) is 0 Å². The molecule has 5 nitrogen and oxygen atoms in total. The summed E-state index contributed by atoms with van der Waals surface area (Å²) in [4.78, 5) is 10.8. The molecule has 2 amide bonds. The van der Waals surface area contributed by atoms with Crippen LogP contribution in [0.4, 0.5) is 4.79 Å². The number of hydrogen-bond donors (Lipinski definition) is 2. The molecule has 66 valence electrons. The van der Waals surface area contributed by atoms with E-state index in [0.29, 0.717) is 6.54 Å². The van der Waals surface area contributed by atoms with Crippen molar-refractivity contribution in [3.63, 3.8) is 0 Å². The first-order valence-corrected chi connectivity index (χ1v) is 3.34. The maximum absolute atomic E-state index is 10.8. The highest BCUT2D eigenvalue weighted by molar-refractivity contribution is 5.73. The Morgan fingerprint density at radius 1 is 1.45 bits per heavy atom. The summed E-state index contributed by atoms with van der Waals surface area (Å²) in [6.45, 7) is 2.40. The van der Waals surface area contributed by atoms with E-state index in [1.165, 1.54) is 14.2 Å². The lowest BCUT2D eigenvalue weighted by molar-refractivity contribution is -0.114. The van der Waals surface area contributed by atoms with Crippen LogP contribution in [0.2, 0.25) is 0 Å². The molecule has 0 radical (unpaired) electrons. The van der Waals surface area contributed by atoms with Crippen LogP contribution in [-0.2, 0) is 9.47 Å². The van der Waals surface area contributed by atoms with Crippen molar-refractivity contribution in [2.24, 2.45) is 0 Å². The topological polar surface area (TPSA) is 59.6 Å². The average Bonchev–Trinajstić information content (AvgIpc) is 2.01. The molecule has 0 saturated carbocycles. The highest BCUT2D eigenvalue weighted by Gasteiger charge is 2.06. The van der Waals surface area contributed by atoms with Gasteiger partial charge in [-0.15, -0.1) is 0 Å². The van der Waals surface area contributed by atoms with Crippen molar-refractivity contribution in [3.05, 3.63) is 0 Å². The highest BCUT2D eigenvalue weighted by Crippen LogP contribution is 1.83. The third-order valence-corrected chi connectivity index (χ3v) is 1.01. The highest BCUT2D eigenvalue weighted by atomic mass is 16.7. The Bertz CT molecular complexity index is 114. The molecule has 0 heterocycles. The molecule has 0 aliphatic rings. The molecule has 0 aromatic heterocycles. The van der Waals surface area contributed by atoms with Crippen molar-refractivity contribution in [2.45, 2.75) is 13.3 Å². The van der Waals surface area contributed by atoms with Gasteiger partial charge in [-0.05, 0) is 6.92 Å². The SMILES string of the molecule is CCNC(=O)NC(OC)OC. The standard InChI is InChI=1S/C6H14N2O3/c1-4-7-5(9)8-6(10-2)11-3/h6H,4H2,1-3H3,(H2,7,8,9). The van der Waals surface area contributed by atoms with Gasteiger partial charge >= 0.3 is 6.03 Å². The molecule has 0 aliphatic carbocycles. The summed E-state index contributed by atoms with van der Waals surface area (Å²) in [6.07, 6.45) is -0.679. The lowest BCUT2D eigenvalue weighted by atomic mass is 10.7. The number of methoxy groups -OCH3 is 2. The van der Waals surface area contributed by atoms with E-state index in [1.54, 1.807) is 0 Å². The maximum atomic E-state index is 10.8. The number of rotatable bonds is 4. The van der Waals surface area contributed by atoms with Gasteiger partial charge < -0.3 is 14.8 Å². The summed E-state index contributed by atoms with van der Waals surface area (Å²) in [6, 6.07) is -0.304. The van der Waals surface area contributed by atoms with Crippen molar-refractivity contribution in [3.8, 4) is 0 Å². The average molecular weight is 162 g/mol. The van der Waals surface area contributed by atoms with Gasteiger partial charge in [-0.3, -0.25) is 5.32 Å². The van der Waals surface area contributed by atoms with Gasteiger partial charge in [0.25, 0.3) is 0 Å². The number of nitrogens with one attached hydrogen (secondary N) is 2. The predicted molar refractivity (Wildman–Crippen MR) is 40.0 cm³/mol. The number of ether oxygens (including phenoxy) is 2. The number of amides is 2. The van der Waals surface area contributed by atoms with Crippen LogP contribution in [0.1, 0.15) is 6.92 Å². The molecule has 0 aromatic rings. The Morgan fingerprint density at radius 3 is 2.36 bits per heavy atom. The molecular weight excluding hydrogens is 148 g/mol. The number of hydrogen-bond acceptors (Lipinski definition) is 3. The smallest absolute Gasteiger partial charge is 0.318 e. The minimum Gasteiger partial charge on any atom is -0.339 e. The van der Waals surface area contributed by atoms with Gasteiger partial charge in [0.1, 0.15) is 0 Å². The fourth-order valence-corrected chi connectivity index (χ4v) is 0.533. The largest absolute Gasteiger partial charge is 0.339 e. The molecule has 0 aromatic carbocycles. The summed E-state index contributed by atoms with van der Waals surface area (Å²) < 4.78 is 9.44. The molecule has 0 atom stereocenters. The minimum absolute atomic E-state index is 0.304. The summed E-state index contributed by atoms with van der Waals surface area (Å²) in [5, 5.41) is 4.96. The van der Waals surface area contributed by atoms with Crippen LogP contribution in [0, 0.1) is 0 Å². The van der Waals surface area contributed by atoms with Gasteiger partial charge in [0.15, 0.2) is 0 Å². The molecule has 2 N–H and O–H groups in total. The first-order chi connectivity index (χ1) is 5.24. The summed E-state index contributed by atoms with van der Waals surface area (Å²) in [5.74, 6) is 0. The molecule has 0 spiro atoms. The maximum Gasteiger partial charge on any atom is 0.318 e. The van der Waals surface area contributed by atoms with E-state index >= 15 is 0 Å². The van der Waals surface area contributed by atoms with Crippen molar-refractivity contribution in [2.75, 3.05) is 20.8 Å². The fourth-order valence-electron chi connectivity index (χ4n) is 0.533. The van der Waals surface area contributed by atoms with E-state index in [2.05, 4.69) is 10.6 Å². The molecule has 0 bridgehead atoms. The van der Waals surface area contributed by atoms with Gasteiger partial charge in [-0.25, -0.2) is 4.79 Å². The van der Waals surface area contributed by atoms with E-state index in [0.717, 1.165) is 0 Å². The summed E-state index contributed by atoms with van der Waals surface area (Å²) in [5.41, 5.74) is 0. The van der Waals surface area contributed by atoms with E-state index in [1.807, 2.05) is 6.92 Å². The quantitative estimate of drug-likeness (QED) is 0.567. The molecule has 0 aliphatic heterocycles. The predicted octanol–water partition coefficient (Wildman–Crippen LogP) is -0.118. The van der Waals surface area contributed by atoms with Crippen LogP contribution >= 0.6 is 0 Å². The minimum atomic E-state index is -0.679. The zero-order chi connectivity index (χ0) is 8.69. The molecular formula is C6H14N2O3. The van der Waals surface area contributed by atoms with Crippen LogP contribution < -0.4 is 10.6 Å². The molecule has 0 unspecified atom stereocenters. The van der Waals surface area contributed by atoms with Gasteiger partial charge in [-0.2, -0.15) is 0 Å². The zero-order valence-electron chi connectivity index (χ0n) is 7.01. The van der Waals surface area contributed by atoms with Gasteiger partial charge in [0, 0.05) is 20.8 Å². The van der Waals surface area contributed by atoms with E-state index in [9.17, 15) is 4.79 Å². The van der Waals surface area contributed by atoms with Crippen LogP contribution in [0.3, 0.4) is 0 Å². The number of carbonyl (C=O) groups is 1. The van der Waals surface area contributed by atoms with Crippen LogP contribution in [0.25, 0.3) is 0 Å². The van der Waals surface area contributed by atoms with Crippen molar-refractivity contribution in [1.82, 2.24) is 10.6 Å². The molecule has 0 fully saturated rings. The second kappa shape index (κ2) is 5.94. The monoisotopic (exact) mass is 162 g/mol. The van der Waals surface area contributed by atoms with Crippen molar-refractivity contribution in [1.29, 1.82) is 0 Å². The molecule has 0 rings (SSSR count). The number of carbonyl (C=O) groups excluding carboxylic acids is 1. The van der Waals surface area contributed by atoms with Gasteiger partial charge in [-0.1, -0.05) is 0 Å². The third-order valence-electron chi connectivity index (χ3n) is 1.01. The first kappa shape index (κ1) is 10.2. The zero-order valence-corrected chi connectivity index (χ0v) is 7.01. The van der Waals surface area contributed by atoms with Gasteiger partial charge in [0.2, 0.25) is 6.41 Å². The first-order valence-electron chi connectivity index (χ1n) is 3.34. The Kier molecular flexibility index (Phi) is 5.50. The van der Waals surface area contributed by atoms with E-state index < -0.39 is 6.41 Å². The van der Waals surface area contributed by atoms with Crippen LogP contribution in [0.5, 0.6) is 0 Å². The second-order valence-corrected chi connectivity index (χ2v) is 1.81. The Morgan fingerprint density at radius 2 is 2.00 bits per heavy atom. The normalized spacial score (nSPS) is 9.82. The molecule has 11 heavy (non-hydrogen) atoms. The van der Waals surface area contributed by atoms with Crippen LogP contribution in [-0.4, -0.2) is 33.2 Å².